The van der Waals surface area contributed by atoms with E-state index in [2.05, 4.69) is 0 Å². The van der Waals surface area contributed by atoms with Crippen LogP contribution in [0.2, 0.25) is 0 Å². The molecule has 0 N–H and O–H groups in total. The second kappa shape index (κ2) is 4.40. The van der Waals surface area contributed by atoms with Crippen LogP contribution in [0.1, 0.15) is 5.56 Å². The van der Waals surface area contributed by atoms with Gasteiger partial charge in [0.2, 0.25) is 0 Å². The van der Waals surface area contributed by atoms with Crippen molar-refractivity contribution in [1.29, 1.82) is 0 Å². The molecule has 2 nitrogen and oxygen atoms in total. The molecule has 0 aliphatic heterocycles. The first-order chi connectivity index (χ1) is 6.29. The number of carbonyl (C=O) groups excluding carboxylic acids is 1. The van der Waals surface area contributed by atoms with E-state index in [1.165, 1.54) is 25.3 Å². The van der Waals surface area contributed by atoms with Crippen LogP contribution in [-0.2, 0) is 4.79 Å². The Morgan fingerprint density at radius 3 is 2.85 bits per heavy atom. The fourth-order valence-corrected chi connectivity index (χ4v) is 0.957. The lowest BCUT2D eigenvalue weighted by molar-refractivity contribution is -0.104. The molecule has 0 radical (unpaired) electrons. The summed E-state index contributed by atoms with van der Waals surface area (Å²) in [6.45, 7) is 0. The molecule has 1 rings (SSSR count). The smallest absolute Gasteiger partial charge is 0.172 e. The number of halogens is 1. The van der Waals surface area contributed by atoms with Gasteiger partial charge in [0.25, 0.3) is 0 Å². The molecule has 0 aliphatic carbocycles. The van der Waals surface area contributed by atoms with E-state index in [9.17, 15) is 9.18 Å². The Balaban J connectivity index is 3.07. The van der Waals surface area contributed by atoms with Crippen LogP contribution in [0.4, 0.5) is 4.39 Å². The van der Waals surface area contributed by atoms with E-state index >= 15 is 0 Å². The van der Waals surface area contributed by atoms with Gasteiger partial charge in [-0.25, -0.2) is 4.39 Å². The van der Waals surface area contributed by atoms with Gasteiger partial charge in [0.15, 0.2) is 11.6 Å². The van der Waals surface area contributed by atoms with Crippen molar-refractivity contribution in [1.82, 2.24) is 0 Å². The van der Waals surface area contributed by atoms with Crippen LogP contribution < -0.4 is 4.74 Å². The van der Waals surface area contributed by atoms with E-state index < -0.39 is 5.82 Å². The van der Waals surface area contributed by atoms with E-state index in [4.69, 9.17) is 4.74 Å². The number of hydrogen-bond acceptors (Lipinski definition) is 2. The molecule has 0 heterocycles. The van der Waals surface area contributed by atoms with E-state index in [-0.39, 0.29) is 5.75 Å². The number of hydrogen-bond donors (Lipinski definition) is 0. The normalized spacial score (nSPS) is 10.3. The number of benzene rings is 1. The van der Waals surface area contributed by atoms with Crippen LogP contribution in [0, 0.1) is 5.82 Å². The van der Waals surface area contributed by atoms with Gasteiger partial charge < -0.3 is 4.74 Å². The van der Waals surface area contributed by atoms with E-state index in [1.807, 2.05) is 0 Å². The summed E-state index contributed by atoms with van der Waals surface area (Å²) < 4.78 is 18.1. The second-order valence-electron chi connectivity index (χ2n) is 2.36. The molecule has 0 atom stereocenters. The Morgan fingerprint density at radius 2 is 2.23 bits per heavy atom. The Hall–Kier alpha value is -1.64. The minimum absolute atomic E-state index is 0.174. The van der Waals surface area contributed by atoms with Crippen LogP contribution in [0.25, 0.3) is 6.08 Å². The van der Waals surface area contributed by atoms with Crippen LogP contribution >= 0.6 is 0 Å². The lowest BCUT2D eigenvalue weighted by atomic mass is 10.2. The third kappa shape index (κ3) is 2.15. The molecule has 0 aliphatic rings. The molecular formula is C10H9FO2. The third-order valence-electron chi connectivity index (χ3n) is 1.57. The van der Waals surface area contributed by atoms with Crippen molar-refractivity contribution in [2.45, 2.75) is 0 Å². The van der Waals surface area contributed by atoms with E-state index in [0.717, 1.165) is 0 Å². The maximum Gasteiger partial charge on any atom is 0.172 e. The highest BCUT2D eigenvalue weighted by molar-refractivity contribution is 5.74. The van der Waals surface area contributed by atoms with Gasteiger partial charge >= 0.3 is 0 Å². The average Bonchev–Trinajstić information content (AvgIpc) is 2.16. The van der Waals surface area contributed by atoms with Crippen molar-refractivity contribution in [2.24, 2.45) is 0 Å². The minimum Gasteiger partial charge on any atom is -0.494 e. The zero-order chi connectivity index (χ0) is 9.68. The number of methoxy groups -OCH3 is 1. The monoisotopic (exact) mass is 180 g/mol. The molecule has 0 bridgehead atoms. The first-order valence-electron chi connectivity index (χ1n) is 3.74. The van der Waals surface area contributed by atoms with Crippen molar-refractivity contribution in [2.75, 3.05) is 7.11 Å². The van der Waals surface area contributed by atoms with Gasteiger partial charge in [-0.2, -0.15) is 0 Å². The Morgan fingerprint density at radius 1 is 1.46 bits per heavy atom. The van der Waals surface area contributed by atoms with Gasteiger partial charge in [0.05, 0.1) is 7.11 Å². The van der Waals surface area contributed by atoms with Gasteiger partial charge in [-0.05, 0) is 18.2 Å². The summed E-state index contributed by atoms with van der Waals surface area (Å²) in [5.41, 5.74) is 0.339. The Bertz CT molecular complexity index is 332. The molecule has 0 amide bonds. The molecular weight excluding hydrogens is 171 g/mol. The molecule has 13 heavy (non-hydrogen) atoms. The topological polar surface area (TPSA) is 26.3 Å². The molecule has 1 aromatic carbocycles. The summed E-state index contributed by atoms with van der Waals surface area (Å²) in [5, 5.41) is 0. The maximum absolute atomic E-state index is 13.3. The van der Waals surface area contributed by atoms with E-state index in [1.54, 1.807) is 12.1 Å². The molecule has 0 spiro atoms. The fourth-order valence-electron chi connectivity index (χ4n) is 0.957. The minimum atomic E-state index is -0.455. The summed E-state index contributed by atoms with van der Waals surface area (Å²) in [5.74, 6) is -0.281. The quantitative estimate of drug-likeness (QED) is 0.525. The molecule has 0 saturated carbocycles. The number of aldehydes is 1. The van der Waals surface area contributed by atoms with Gasteiger partial charge in [0, 0.05) is 5.56 Å². The molecule has 1 aromatic rings. The van der Waals surface area contributed by atoms with Crippen molar-refractivity contribution >= 4 is 12.4 Å². The predicted octanol–water partition coefficient (Wildman–Crippen LogP) is 2.05. The van der Waals surface area contributed by atoms with Crippen molar-refractivity contribution in [3.8, 4) is 5.75 Å². The highest BCUT2D eigenvalue weighted by Crippen LogP contribution is 2.20. The standard InChI is InChI=1S/C10H9FO2/c1-13-9-6-2-4-8(10(9)11)5-3-7-12/h2-7H,1H3. The summed E-state index contributed by atoms with van der Waals surface area (Å²) in [6, 6.07) is 4.75. The fraction of sp³-hybridized carbons (Fsp3) is 0.100. The molecule has 0 unspecified atom stereocenters. The molecule has 0 saturated heterocycles. The summed E-state index contributed by atoms with van der Waals surface area (Å²) in [6.07, 6.45) is 3.22. The predicted molar refractivity (Wildman–Crippen MR) is 48.1 cm³/mol. The summed E-state index contributed by atoms with van der Waals surface area (Å²) in [7, 11) is 1.39. The first-order valence-corrected chi connectivity index (χ1v) is 3.74. The van der Waals surface area contributed by atoms with Gasteiger partial charge in [-0.3, -0.25) is 4.79 Å². The SMILES string of the molecule is COc1cccc(C=CC=O)c1F. The zero-order valence-electron chi connectivity index (χ0n) is 7.16. The largest absolute Gasteiger partial charge is 0.494 e. The number of ether oxygens (including phenoxy) is 1. The van der Waals surface area contributed by atoms with Crippen LogP contribution in [0.5, 0.6) is 5.75 Å². The molecule has 3 heteroatoms. The van der Waals surface area contributed by atoms with Gasteiger partial charge in [0.1, 0.15) is 6.29 Å². The maximum atomic E-state index is 13.3. The molecule has 68 valence electrons. The van der Waals surface area contributed by atoms with Crippen LogP contribution in [0.3, 0.4) is 0 Å². The number of carbonyl (C=O) groups is 1. The van der Waals surface area contributed by atoms with Crippen molar-refractivity contribution in [3.05, 3.63) is 35.7 Å². The van der Waals surface area contributed by atoms with Crippen molar-refractivity contribution in [3.63, 3.8) is 0 Å². The Labute approximate surface area is 75.6 Å². The van der Waals surface area contributed by atoms with Gasteiger partial charge in [-0.15, -0.1) is 0 Å². The second-order valence-corrected chi connectivity index (χ2v) is 2.36. The Kier molecular flexibility index (Phi) is 3.20. The zero-order valence-corrected chi connectivity index (χ0v) is 7.16. The first kappa shape index (κ1) is 9.45. The molecule has 0 fully saturated rings. The molecule has 0 aromatic heterocycles. The number of rotatable bonds is 3. The highest BCUT2D eigenvalue weighted by Gasteiger charge is 2.04. The highest BCUT2D eigenvalue weighted by atomic mass is 19.1. The number of allylic oxidation sites excluding steroid dienone is 1. The van der Waals surface area contributed by atoms with Crippen LogP contribution in [0.15, 0.2) is 24.3 Å². The van der Waals surface area contributed by atoms with Crippen molar-refractivity contribution < 1.29 is 13.9 Å². The van der Waals surface area contributed by atoms with Crippen LogP contribution in [-0.4, -0.2) is 13.4 Å². The summed E-state index contributed by atoms with van der Waals surface area (Å²) in [4.78, 5) is 10.0. The summed E-state index contributed by atoms with van der Waals surface area (Å²) >= 11 is 0. The average molecular weight is 180 g/mol. The lowest BCUT2D eigenvalue weighted by Crippen LogP contribution is -1.90. The van der Waals surface area contributed by atoms with Gasteiger partial charge in [-0.1, -0.05) is 12.1 Å². The lowest BCUT2D eigenvalue weighted by Gasteiger charge is -2.02. The third-order valence-corrected chi connectivity index (χ3v) is 1.57. The van der Waals surface area contributed by atoms with E-state index in [0.29, 0.717) is 11.8 Å².